The van der Waals surface area contributed by atoms with Gasteiger partial charge < -0.3 is 24.4 Å². The van der Waals surface area contributed by atoms with Crippen LogP contribution >= 0.6 is 0 Å². The molecule has 1 aliphatic heterocycles. The van der Waals surface area contributed by atoms with Gasteiger partial charge in [-0.15, -0.1) is 0 Å². The average molecular weight is 445 g/mol. The summed E-state index contributed by atoms with van der Waals surface area (Å²) in [6.07, 6.45) is 0.589. The third-order valence-corrected chi connectivity index (χ3v) is 5.72. The largest absolute Gasteiger partial charge is 0.493 e. The topological polar surface area (TPSA) is 77.1 Å². The number of amides is 2. The lowest BCUT2D eigenvalue weighted by molar-refractivity contribution is -0.144. The maximum absolute atomic E-state index is 13.6. The molecular formula is C24H29FN2O5. The van der Waals surface area contributed by atoms with E-state index in [4.69, 9.17) is 14.2 Å². The Bertz CT molecular complexity index is 977. The molecule has 3 rings (SSSR count). The Morgan fingerprint density at radius 3 is 2.25 bits per heavy atom. The molecule has 2 amide bonds. The minimum atomic E-state index is -0.784. The van der Waals surface area contributed by atoms with Gasteiger partial charge >= 0.3 is 12.0 Å². The Hall–Kier alpha value is -3.29. The van der Waals surface area contributed by atoms with Crippen LogP contribution in [0.25, 0.3) is 0 Å². The van der Waals surface area contributed by atoms with Crippen LogP contribution in [-0.2, 0) is 16.0 Å². The van der Waals surface area contributed by atoms with Gasteiger partial charge in [0, 0.05) is 6.54 Å². The number of urea groups is 1. The summed E-state index contributed by atoms with van der Waals surface area (Å²) in [5, 5.41) is 2.81. The first kappa shape index (κ1) is 23.4. The Kier molecular flexibility index (Phi) is 7.22. The second kappa shape index (κ2) is 9.89. The molecule has 0 saturated heterocycles. The molecule has 0 radical (unpaired) electrons. The summed E-state index contributed by atoms with van der Waals surface area (Å²) in [5.74, 6) is 0.120. The fourth-order valence-corrected chi connectivity index (χ4v) is 4.01. The second-order valence-electron chi connectivity index (χ2n) is 8.00. The number of carbonyl (C=O) groups is 2. The van der Waals surface area contributed by atoms with Crippen molar-refractivity contribution in [3.05, 3.63) is 58.9 Å². The van der Waals surface area contributed by atoms with Crippen LogP contribution in [-0.4, -0.2) is 50.8 Å². The van der Waals surface area contributed by atoms with E-state index in [2.05, 4.69) is 5.32 Å². The average Bonchev–Trinajstić information content (AvgIpc) is 2.80. The summed E-state index contributed by atoms with van der Waals surface area (Å²) in [7, 11) is 4.42. The van der Waals surface area contributed by atoms with Crippen LogP contribution < -0.4 is 14.8 Å². The summed E-state index contributed by atoms with van der Waals surface area (Å²) in [5.41, 5.74) is 2.61. The molecule has 7 nitrogen and oxygen atoms in total. The molecule has 1 unspecified atom stereocenters. The molecule has 172 valence electrons. The highest BCUT2D eigenvalue weighted by atomic mass is 19.1. The first-order valence-corrected chi connectivity index (χ1v) is 10.5. The van der Waals surface area contributed by atoms with Crippen LogP contribution in [0.2, 0.25) is 0 Å². The molecule has 0 spiro atoms. The Morgan fingerprint density at radius 1 is 1.06 bits per heavy atom. The number of methoxy groups -OCH3 is 3. The van der Waals surface area contributed by atoms with Gasteiger partial charge in [0.1, 0.15) is 11.9 Å². The number of hydrogen-bond donors (Lipinski definition) is 1. The summed E-state index contributed by atoms with van der Waals surface area (Å²) in [4.78, 5) is 27.2. The van der Waals surface area contributed by atoms with E-state index in [1.54, 1.807) is 31.3 Å². The number of rotatable bonds is 6. The molecule has 2 aromatic rings. The van der Waals surface area contributed by atoms with Gasteiger partial charge in [0.15, 0.2) is 11.5 Å². The minimum absolute atomic E-state index is 0.155. The van der Waals surface area contributed by atoms with Crippen LogP contribution in [0.1, 0.15) is 36.6 Å². The highest BCUT2D eigenvalue weighted by Gasteiger charge is 2.35. The molecule has 1 N–H and O–H groups in total. The molecular weight excluding hydrogens is 415 g/mol. The van der Waals surface area contributed by atoms with Gasteiger partial charge in [-0.25, -0.2) is 14.0 Å². The molecule has 0 aromatic heterocycles. The van der Waals surface area contributed by atoms with Gasteiger partial charge in [0.25, 0.3) is 0 Å². The number of hydrogen-bond acceptors (Lipinski definition) is 5. The number of ether oxygens (including phenoxy) is 3. The molecule has 0 aliphatic carbocycles. The van der Waals surface area contributed by atoms with Crippen LogP contribution in [0.4, 0.5) is 9.18 Å². The van der Waals surface area contributed by atoms with Crippen molar-refractivity contribution in [2.45, 2.75) is 32.4 Å². The van der Waals surface area contributed by atoms with Crippen molar-refractivity contribution in [1.29, 1.82) is 0 Å². The first-order valence-electron chi connectivity index (χ1n) is 10.5. The Balaban J connectivity index is 2.05. The van der Waals surface area contributed by atoms with Gasteiger partial charge in [0.05, 0.1) is 27.4 Å². The standard InChI is InChI=1S/C24H29FN2O5/c1-14(2)21(23(28)32-5)26-24(29)27-11-10-16-12-19(30-3)20(31-4)13-18(16)22(27)15-6-8-17(25)9-7-15/h6-9,12-14,21-22H,10-11H2,1-5H3,(H,26,29)/t21-,22?/m0/s1. The van der Waals surface area contributed by atoms with Crippen molar-refractivity contribution < 1.29 is 28.2 Å². The predicted molar refractivity (Wildman–Crippen MR) is 117 cm³/mol. The quantitative estimate of drug-likeness (QED) is 0.688. The number of nitrogens with zero attached hydrogens (tertiary/aromatic N) is 1. The van der Waals surface area contributed by atoms with E-state index in [1.807, 2.05) is 26.0 Å². The third-order valence-electron chi connectivity index (χ3n) is 5.72. The van der Waals surface area contributed by atoms with Gasteiger partial charge in [-0.2, -0.15) is 0 Å². The SMILES string of the molecule is COC(=O)[C@@H](NC(=O)N1CCc2cc(OC)c(OC)cc2C1c1ccc(F)cc1)C(C)C. The Labute approximate surface area is 187 Å². The zero-order valence-corrected chi connectivity index (χ0v) is 19.0. The summed E-state index contributed by atoms with van der Waals surface area (Å²) in [6, 6.07) is 8.13. The van der Waals surface area contributed by atoms with Crippen LogP contribution in [0.3, 0.4) is 0 Å². The summed E-state index contributed by atoms with van der Waals surface area (Å²) >= 11 is 0. The molecule has 1 heterocycles. The van der Waals surface area contributed by atoms with Crippen LogP contribution in [0.15, 0.2) is 36.4 Å². The van der Waals surface area contributed by atoms with Gasteiger partial charge in [-0.05, 0) is 53.3 Å². The molecule has 0 saturated carbocycles. The second-order valence-corrected chi connectivity index (χ2v) is 8.00. The minimum Gasteiger partial charge on any atom is -0.493 e. The van der Waals surface area contributed by atoms with E-state index >= 15 is 0 Å². The summed E-state index contributed by atoms with van der Waals surface area (Å²) in [6.45, 7) is 4.08. The van der Waals surface area contributed by atoms with E-state index < -0.39 is 24.1 Å². The van der Waals surface area contributed by atoms with Crippen molar-refractivity contribution in [3.8, 4) is 11.5 Å². The van der Waals surface area contributed by atoms with Crippen LogP contribution in [0.5, 0.6) is 11.5 Å². The van der Waals surface area contributed by atoms with Crippen molar-refractivity contribution in [3.63, 3.8) is 0 Å². The van der Waals surface area contributed by atoms with E-state index in [0.29, 0.717) is 24.5 Å². The van der Waals surface area contributed by atoms with E-state index in [0.717, 1.165) is 16.7 Å². The molecule has 32 heavy (non-hydrogen) atoms. The highest BCUT2D eigenvalue weighted by molar-refractivity contribution is 5.84. The van der Waals surface area contributed by atoms with Gasteiger partial charge in [-0.3, -0.25) is 0 Å². The van der Waals surface area contributed by atoms with Crippen molar-refractivity contribution in [1.82, 2.24) is 10.2 Å². The molecule has 1 aliphatic rings. The van der Waals surface area contributed by atoms with Gasteiger partial charge in [-0.1, -0.05) is 26.0 Å². The number of fused-ring (bicyclic) bond motifs is 1. The first-order chi connectivity index (χ1) is 15.3. The number of carbonyl (C=O) groups excluding carboxylic acids is 2. The number of nitrogens with one attached hydrogen (secondary N) is 1. The molecule has 2 atom stereocenters. The lowest BCUT2D eigenvalue weighted by Crippen LogP contribution is -2.53. The molecule has 0 fully saturated rings. The fourth-order valence-electron chi connectivity index (χ4n) is 4.01. The van der Waals surface area contributed by atoms with E-state index in [-0.39, 0.29) is 11.7 Å². The smallest absolute Gasteiger partial charge is 0.328 e. The zero-order valence-electron chi connectivity index (χ0n) is 19.0. The normalized spacial score (nSPS) is 16.2. The number of esters is 1. The highest BCUT2D eigenvalue weighted by Crippen LogP contribution is 2.41. The predicted octanol–water partition coefficient (Wildman–Crippen LogP) is 3.70. The molecule has 2 aromatic carbocycles. The zero-order chi connectivity index (χ0) is 23.4. The van der Waals surface area contributed by atoms with Gasteiger partial charge in [0.2, 0.25) is 0 Å². The van der Waals surface area contributed by atoms with E-state index in [9.17, 15) is 14.0 Å². The van der Waals surface area contributed by atoms with Crippen molar-refractivity contribution >= 4 is 12.0 Å². The van der Waals surface area contributed by atoms with E-state index in [1.165, 1.54) is 19.2 Å². The lowest BCUT2D eigenvalue weighted by atomic mass is 9.87. The maximum Gasteiger partial charge on any atom is 0.328 e. The Morgan fingerprint density at radius 2 is 1.69 bits per heavy atom. The lowest BCUT2D eigenvalue weighted by Gasteiger charge is -2.39. The molecule has 8 heteroatoms. The van der Waals surface area contributed by atoms with Crippen molar-refractivity contribution in [2.24, 2.45) is 5.92 Å². The maximum atomic E-state index is 13.6. The monoisotopic (exact) mass is 444 g/mol. The summed E-state index contributed by atoms with van der Waals surface area (Å²) < 4.78 is 29.4. The van der Waals surface area contributed by atoms with Crippen LogP contribution in [0, 0.1) is 11.7 Å². The third kappa shape index (κ3) is 4.64. The van der Waals surface area contributed by atoms with Crippen molar-refractivity contribution in [2.75, 3.05) is 27.9 Å². The number of halogens is 1. The molecule has 0 bridgehead atoms. The number of benzene rings is 2. The fraction of sp³-hybridized carbons (Fsp3) is 0.417.